The molecule has 0 spiro atoms. The topological polar surface area (TPSA) is 30.2 Å². The summed E-state index contributed by atoms with van der Waals surface area (Å²) in [5.74, 6) is 1.03. The smallest absolute Gasteiger partial charge is 0.159 e. The molecule has 1 aromatic carbocycles. The summed E-state index contributed by atoms with van der Waals surface area (Å²) in [5, 5.41) is 1.06. The van der Waals surface area contributed by atoms with Gasteiger partial charge in [0.2, 0.25) is 0 Å². The molecular weight excluding hydrogens is 212 g/mol. The maximum Gasteiger partial charge on any atom is 0.159 e. The van der Waals surface area contributed by atoms with Crippen molar-refractivity contribution in [1.82, 2.24) is 0 Å². The van der Waals surface area contributed by atoms with Crippen LogP contribution in [-0.2, 0) is 5.41 Å². The van der Waals surface area contributed by atoms with E-state index in [1.807, 2.05) is 25.1 Å². The summed E-state index contributed by atoms with van der Waals surface area (Å²) < 4.78 is 5.75. The average Bonchev–Trinajstić information content (AvgIpc) is 2.51. The Balaban J connectivity index is 2.78. The lowest BCUT2D eigenvalue weighted by atomic mass is 9.84. The van der Waals surface area contributed by atoms with Gasteiger partial charge in [0.25, 0.3) is 0 Å². The molecule has 0 saturated heterocycles. The van der Waals surface area contributed by atoms with Crippen molar-refractivity contribution in [3.05, 3.63) is 35.1 Å². The quantitative estimate of drug-likeness (QED) is 0.686. The van der Waals surface area contributed by atoms with E-state index < -0.39 is 0 Å². The molecule has 0 aliphatic rings. The molecule has 0 atom stereocenters. The minimum absolute atomic E-state index is 0.0186. The first kappa shape index (κ1) is 11.9. The van der Waals surface area contributed by atoms with E-state index in [0.717, 1.165) is 22.3 Å². The Morgan fingerprint density at radius 1 is 1.24 bits per heavy atom. The van der Waals surface area contributed by atoms with Crippen molar-refractivity contribution in [3.8, 4) is 0 Å². The van der Waals surface area contributed by atoms with Crippen LogP contribution < -0.4 is 0 Å². The van der Waals surface area contributed by atoms with Crippen LogP contribution in [0.2, 0.25) is 0 Å². The van der Waals surface area contributed by atoms with Crippen LogP contribution in [0, 0.1) is 6.92 Å². The fraction of sp³-hybridized carbons (Fsp3) is 0.400. The van der Waals surface area contributed by atoms with Gasteiger partial charge in [0.1, 0.15) is 11.3 Å². The van der Waals surface area contributed by atoms with Crippen molar-refractivity contribution < 1.29 is 9.21 Å². The van der Waals surface area contributed by atoms with Crippen molar-refractivity contribution in [1.29, 1.82) is 0 Å². The number of carbonyl (C=O) groups excluding carboxylic acids is 1. The molecule has 0 aliphatic carbocycles. The SMILES string of the molecule is CC(=O)c1ccc2oc(C)c(C(C)(C)C)c2c1. The highest BCUT2D eigenvalue weighted by Crippen LogP contribution is 2.35. The number of rotatable bonds is 1. The number of furan rings is 1. The first-order valence-corrected chi connectivity index (χ1v) is 5.85. The summed E-state index contributed by atoms with van der Waals surface area (Å²) in [6.45, 7) is 10.0. The molecule has 2 rings (SSSR count). The van der Waals surface area contributed by atoms with Gasteiger partial charge in [-0.05, 0) is 37.5 Å². The number of hydrogen-bond donors (Lipinski definition) is 0. The number of Topliss-reactive ketones (excluding diaryl/α,β-unsaturated/α-hetero) is 1. The average molecular weight is 230 g/mol. The third-order valence-corrected chi connectivity index (χ3v) is 3.02. The Kier molecular flexibility index (Phi) is 2.61. The van der Waals surface area contributed by atoms with Crippen LogP contribution in [0.15, 0.2) is 22.6 Å². The van der Waals surface area contributed by atoms with Crippen molar-refractivity contribution >= 4 is 16.8 Å². The number of benzene rings is 1. The number of ketones is 1. The first-order chi connectivity index (χ1) is 7.80. The molecule has 2 nitrogen and oxygen atoms in total. The summed E-state index contributed by atoms with van der Waals surface area (Å²) in [6.07, 6.45) is 0. The first-order valence-electron chi connectivity index (χ1n) is 5.85. The molecule has 0 unspecified atom stereocenters. The molecule has 2 aromatic rings. The summed E-state index contributed by atoms with van der Waals surface area (Å²) >= 11 is 0. The molecule has 1 heterocycles. The molecule has 0 aliphatic heterocycles. The molecule has 0 N–H and O–H groups in total. The van der Waals surface area contributed by atoms with Crippen molar-refractivity contribution in [3.63, 3.8) is 0 Å². The highest BCUT2D eigenvalue weighted by Gasteiger charge is 2.23. The van der Waals surface area contributed by atoms with Crippen LogP contribution in [-0.4, -0.2) is 5.78 Å². The Hall–Kier alpha value is -1.57. The van der Waals surface area contributed by atoms with Gasteiger partial charge in [-0.1, -0.05) is 20.8 Å². The van der Waals surface area contributed by atoms with Gasteiger partial charge in [0.05, 0.1) is 0 Å². The zero-order valence-corrected chi connectivity index (χ0v) is 11.0. The summed E-state index contributed by atoms with van der Waals surface area (Å²) in [6, 6.07) is 5.64. The van der Waals surface area contributed by atoms with Crippen molar-refractivity contribution in [2.24, 2.45) is 0 Å². The Bertz CT molecular complexity index is 583. The number of hydrogen-bond acceptors (Lipinski definition) is 2. The van der Waals surface area contributed by atoms with Gasteiger partial charge in [-0.3, -0.25) is 4.79 Å². The van der Waals surface area contributed by atoms with E-state index in [-0.39, 0.29) is 11.2 Å². The zero-order valence-electron chi connectivity index (χ0n) is 11.0. The Labute approximate surface area is 102 Å². The summed E-state index contributed by atoms with van der Waals surface area (Å²) in [4.78, 5) is 11.4. The lowest BCUT2D eigenvalue weighted by molar-refractivity contribution is 0.101. The van der Waals surface area contributed by atoms with Crippen LogP contribution >= 0.6 is 0 Å². The van der Waals surface area contributed by atoms with Gasteiger partial charge in [0.15, 0.2) is 5.78 Å². The molecule has 2 heteroatoms. The molecule has 0 amide bonds. The number of carbonyl (C=O) groups is 1. The molecule has 90 valence electrons. The lowest BCUT2D eigenvalue weighted by Crippen LogP contribution is -2.11. The third-order valence-electron chi connectivity index (χ3n) is 3.02. The highest BCUT2D eigenvalue weighted by molar-refractivity contribution is 5.98. The monoisotopic (exact) mass is 230 g/mol. The van der Waals surface area contributed by atoms with Crippen LogP contribution in [0.1, 0.15) is 49.4 Å². The second kappa shape index (κ2) is 3.73. The van der Waals surface area contributed by atoms with Crippen LogP contribution in [0.3, 0.4) is 0 Å². The van der Waals surface area contributed by atoms with Gasteiger partial charge < -0.3 is 4.42 Å². The highest BCUT2D eigenvalue weighted by atomic mass is 16.3. The molecule has 0 bridgehead atoms. The fourth-order valence-corrected chi connectivity index (χ4v) is 2.37. The van der Waals surface area contributed by atoms with E-state index in [4.69, 9.17) is 4.42 Å². The molecule has 1 aromatic heterocycles. The van der Waals surface area contributed by atoms with Crippen molar-refractivity contribution in [2.75, 3.05) is 0 Å². The largest absolute Gasteiger partial charge is 0.461 e. The molecule has 0 radical (unpaired) electrons. The fourth-order valence-electron chi connectivity index (χ4n) is 2.37. The Morgan fingerprint density at radius 2 is 1.88 bits per heavy atom. The van der Waals surface area contributed by atoms with E-state index in [2.05, 4.69) is 20.8 Å². The second-order valence-electron chi connectivity index (χ2n) is 5.55. The van der Waals surface area contributed by atoms with E-state index in [0.29, 0.717) is 0 Å². The number of aryl methyl sites for hydroxylation is 1. The third kappa shape index (κ3) is 1.99. The van der Waals surface area contributed by atoms with Crippen LogP contribution in [0.5, 0.6) is 0 Å². The van der Waals surface area contributed by atoms with Crippen LogP contribution in [0.25, 0.3) is 11.0 Å². The normalized spacial score (nSPS) is 12.1. The van der Waals surface area contributed by atoms with E-state index in [1.165, 1.54) is 5.56 Å². The predicted molar refractivity (Wildman–Crippen MR) is 69.7 cm³/mol. The molecular formula is C15H18O2. The zero-order chi connectivity index (χ0) is 12.8. The van der Waals surface area contributed by atoms with Gasteiger partial charge in [-0.25, -0.2) is 0 Å². The second-order valence-corrected chi connectivity index (χ2v) is 5.55. The maximum atomic E-state index is 11.4. The van der Waals surface area contributed by atoms with Gasteiger partial charge in [0, 0.05) is 16.5 Å². The lowest BCUT2D eigenvalue weighted by Gasteiger charge is -2.18. The standard InChI is InChI=1S/C15H18O2/c1-9(16)11-6-7-13-12(8-11)14(10(2)17-13)15(3,4)5/h6-8H,1-5H3. The van der Waals surface area contributed by atoms with Gasteiger partial charge >= 0.3 is 0 Å². The Morgan fingerprint density at radius 3 is 2.41 bits per heavy atom. The summed E-state index contributed by atoms with van der Waals surface area (Å²) in [7, 11) is 0. The van der Waals surface area contributed by atoms with Gasteiger partial charge in [-0.2, -0.15) is 0 Å². The minimum Gasteiger partial charge on any atom is -0.461 e. The van der Waals surface area contributed by atoms with E-state index >= 15 is 0 Å². The number of fused-ring (bicyclic) bond motifs is 1. The predicted octanol–water partition coefficient (Wildman–Crippen LogP) is 4.24. The summed E-state index contributed by atoms with van der Waals surface area (Å²) in [5.41, 5.74) is 2.81. The van der Waals surface area contributed by atoms with Crippen LogP contribution in [0.4, 0.5) is 0 Å². The molecule has 17 heavy (non-hydrogen) atoms. The molecule has 0 saturated carbocycles. The van der Waals surface area contributed by atoms with E-state index in [9.17, 15) is 4.79 Å². The van der Waals surface area contributed by atoms with E-state index in [1.54, 1.807) is 6.92 Å². The van der Waals surface area contributed by atoms with Crippen molar-refractivity contribution in [2.45, 2.75) is 40.0 Å². The minimum atomic E-state index is 0.0186. The van der Waals surface area contributed by atoms with Gasteiger partial charge in [-0.15, -0.1) is 0 Å². The molecule has 0 fully saturated rings. The maximum absolute atomic E-state index is 11.4.